The molecule has 3 rings (SSSR count). The molecule has 2 amide bonds. The maximum absolute atomic E-state index is 12.5. The molecule has 2 aromatic rings. The smallest absolute Gasteiger partial charge is 0.252 e. The Morgan fingerprint density at radius 3 is 2.96 bits per heavy atom. The van der Waals surface area contributed by atoms with E-state index in [9.17, 15) is 9.59 Å². The Morgan fingerprint density at radius 1 is 1.33 bits per heavy atom. The first-order valence-corrected chi connectivity index (χ1v) is 8.07. The van der Waals surface area contributed by atoms with Crippen LogP contribution in [-0.4, -0.2) is 35.8 Å². The van der Waals surface area contributed by atoms with Crippen molar-refractivity contribution in [3.05, 3.63) is 47.5 Å². The Morgan fingerprint density at radius 2 is 2.17 bits per heavy atom. The number of benzene rings is 2. The zero-order valence-corrected chi connectivity index (χ0v) is 13.6. The summed E-state index contributed by atoms with van der Waals surface area (Å²) in [5, 5.41) is 13.6. The van der Waals surface area contributed by atoms with Crippen LogP contribution in [0, 0.1) is 18.3 Å². The Balaban J connectivity index is 1.72. The highest BCUT2D eigenvalue weighted by Crippen LogP contribution is 2.20. The summed E-state index contributed by atoms with van der Waals surface area (Å²) in [6, 6.07) is 13.2. The third kappa shape index (κ3) is 3.09. The lowest BCUT2D eigenvalue weighted by Gasteiger charge is -2.19. The lowest BCUT2D eigenvalue weighted by Crippen LogP contribution is -2.42. The Bertz CT molecular complexity index is 838. The van der Waals surface area contributed by atoms with E-state index >= 15 is 0 Å². The summed E-state index contributed by atoms with van der Waals surface area (Å²) < 4.78 is 0. The number of nitrogens with zero attached hydrogens (tertiary/aromatic N) is 2. The van der Waals surface area contributed by atoms with Crippen LogP contribution in [0.5, 0.6) is 0 Å². The first-order valence-electron chi connectivity index (χ1n) is 8.07. The minimum atomic E-state index is -0.366. The second-order valence-electron chi connectivity index (χ2n) is 6.09. The van der Waals surface area contributed by atoms with Crippen molar-refractivity contribution >= 4 is 22.6 Å². The van der Waals surface area contributed by atoms with Crippen LogP contribution in [-0.2, 0) is 4.79 Å². The SMILES string of the molecule is Cc1ccc2c(C(=O)NCC(=O)N3CCCC3C#N)cccc2c1. The van der Waals surface area contributed by atoms with E-state index in [1.165, 1.54) is 0 Å². The van der Waals surface area contributed by atoms with Gasteiger partial charge in [0.25, 0.3) is 5.91 Å². The Kier molecular flexibility index (Phi) is 4.48. The first kappa shape index (κ1) is 16.0. The van der Waals surface area contributed by atoms with E-state index in [0.29, 0.717) is 18.5 Å². The van der Waals surface area contributed by atoms with Crippen LogP contribution >= 0.6 is 0 Å². The van der Waals surface area contributed by atoms with Gasteiger partial charge in [-0.2, -0.15) is 5.26 Å². The number of carbonyl (C=O) groups excluding carboxylic acids is 2. The molecule has 1 aliphatic heterocycles. The third-order valence-corrected chi connectivity index (χ3v) is 4.40. The molecule has 122 valence electrons. The molecule has 1 unspecified atom stereocenters. The van der Waals surface area contributed by atoms with Gasteiger partial charge in [-0.15, -0.1) is 0 Å². The van der Waals surface area contributed by atoms with Crippen molar-refractivity contribution in [3.63, 3.8) is 0 Å². The first-order chi connectivity index (χ1) is 11.6. The van der Waals surface area contributed by atoms with Gasteiger partial charge in [0.2, 0.25) is 5.91 Å². The minimum absolute atomic E-state index is 0.0841. The predicted molar refractivity (Wildman–Crippen MR) is 91.4 cm³/mol. The highest BCUT2D eigenvalue weighted by Gasteiger charge is 2.28. The molecule has 1 fully saturated rings. The zero-order chi connectivity index (χ0) is 17.1. The van der Waals surface area contributed by atoms with Crippen LogP contribution in [0.1, 0.15) is 28.8 Å². The standard InChI is InChI=1S/C19H19N3O2/c1-13-7-8-16-14(10-13)4-2-6-17(16)19(24)21-12-18(23)22-9-3-5-15(22)11-20/h2,4,6-8,10,15H,3,5,9,12H2,1H3,(H,21,24). The van der Waals surface area contributed by atoms with Gasteiger partial charge in [-0.3, -0.25) is 9.59 Å². The second kappa shape index (κ2) is 6.71. The van der Waals surface area contributed by atoms with Gasteiger partial charge in [-0.05, 0) is 36.6 Å². The van der Waals surface area contributed by atoms with Gasteiger partial charge in [0.05, 0.1) is 12.6 Å². The van der Waals surface area contributed by atoms with Crippen LogP contribution in [0.25, 0.3) is 10.8 Å². The molecule has 1 heterocycles. The number of hydrogen-bond donors (Lipinski definition) is 1. The van der Waals surface area contributed by atoms with Crippen molar-refractivity contribution in [2.24, 2.45) is 0 Å². The quantitative estimate of drug-likeness (QED) is 0.943. The Labute approximate surface area is 140 Å². The number of carbonyl (C=O) groups is 2. The fourth-order valence-corrected chi connectivity index (χ4v) is 3.15. The molecular weight excluding hydrogens is 302 g/mol. The highest BCUT2D eigenvalue weighted by atomic mass is 16.2. The van der Waals surface area contributed by atoms with Gasteiger partial charge in [0.1, 0.15) is 6.04 Å². The molecule has 0 saturated carbocycles. The van der Waals surface area contributed by atoms with E-state index in [2.05, 4.69) is 11.4 Å². The van der Waals surface area contributed by atoms with Crippen LogP contribution in [0.15, 0.2) is 36.4 Å². The molecule has 0 spiro atoms. The molecule has 0 aliphatic carbocycles. The normalized spacial score (nSPS) is 16.8. The van der Waals surface area contributed by atoms with Gasteiger partial charge in [-0.1, -0.05) is 35.9 Å². The molecule has 5 nitrogen and oxygen atoms in total. The number of nitriles is 1. The number of hydrogen-bond acceptors (Lipinski definition) is 3. The maximum atomic E-state index is 12.5. The van der Waals surface area contributed by atoms with Crippen molar-refractivity contribution in [2.45, 2.75) is 25.8 Å². The summed E-state index contributed by atoms with van der Waals surface area (Å²) in [6.45, 7) is 2.51. The zero-order valence-electron chi connectivity index (χ0n) is 13.6. The Hall–Kier alpha value is -2.87. The average Bonchev–Trinajstić information content (AvgIpc) is 3.07. The summed E-state index contributed by atoms with van der Waals surface area (Å²) >= 11 is 0. The largest absolute Gasteiger partial charge is 0.343 e. The van der Waals surface area contributed by atoms with Gasteiger partial charge < -0.3 is 10.2 Å². The van der Waals surface area contributed by atoms with Crippen molar-refractivity contribution in [3.8, 4) is 6.07 Å². The topological polar surface area (TPSA) is 73.2 Å². The summed E-state index contributed by atoms with van der Waals surface area (Å²) in [7, 11) is 0. The van der Waals surface area contributed by atoms with Gasteiger partial charge in [0.15, 0.2) is 0 Å². The lowest BCUT2D eigenvalue weighted by atomic mass is 10.0. The van der Waals surface area contributed by atoms with Crippen LogP contribution in [0.2, 0.25) is 0 Å². The fraction of sp³-hybridized carbons (Fsp3) is 0.316. The van der Waals surface area contributed by atoms with Gasteiger partial charge in [0, 0.05) is 12.1 Å². The van der Waals surface area contributed by atoms with Crippen molar-refractivity contribution in [2.75, 3.05) is 13.1 Å². The third-order valence-electron chi connectivity index (χ3n) is 4.40. The maximum Gasteiger partial charge on any atom is 0.252 e. The highest BCUT2D eigenvalue weighted by molar-refractivity contribution is 6.07. The summed E-state index contributed by atoms with van der Waals surface area (Å²) in [6.07, 6.45) is 1.54. The van der Waals surface area contributed by atoms with Crippen LogP contribution in [0.4, 0.5) is 0 Å². The number of amides is 2. The van der Waals surface area contributed by atoms with Gasteiger partial charge >= 0.3 is 0 Å². The van der Waals surface area contributed by atoms with E-state index in [1.54, 1.807) is 11.0 Å². The van der Waals surface area contributed by atoms with E-state index in [0.717, 1.165) is 22.8 Å². The molecule has 0 radical (unpaired) electrons. The second-order valence-corrected chi connectivity index (χ2v) is 6.09. The molecule has 24 heavy (non-hydrogen) atoms. The van der Waals surface area contributed by atoms with Crippen molar-refractivity contribution in [1.29, 1.82) is 5.26 Å². The van der Waals surface area contributed by atoms with E-state index in [1.807, 2.05) is 37.3 Å². The summed E-state index contributed by atoms with van der Waals surface area (Å²) in [5.41, 5.74) is 1.69. The monoisotopic (exact) mass is 321 g/mol. The van der Waals surface area contributed by atoms with Crippen molar-refractivity contribution in [1.82, 2.24) is 10.2 Å². The molecule has 0 bridgehead atoms. The number of aryl methyl sites for hydroxylation is 1. The van der Waals surface area contributed by atoms with Crippen molar-refractivity contribution < 1.29 is 9.59 Å². The number of nitrogens with one attached hydrogen (secondary N) is 1. The molecule has 1 atom stereocenters. The van der Waals surface area contributed by atoms with Crippen LogP contribution in [0.3, 0.4) is 0 Å². The molecule has 0 aromatic heterocycles. The average molecular weight is 321 g/mol. The molecule has 1 aliphatic rings. The van der Waals surface area contributed by atoms with E-state index in [4.69, 9.17) is 5.26 Å². The number of rotatable bonds is 3. The number of fused-ring (bicyclic) bond motifs is 1. The van der Waals surface area contributed by atoms with Crippen LogP contribution < -0.4 is 5.32 Å². The summed E-state index contributed by atoms with van der Waals surface area (Å²) in [4.78, 5) is 26.2. The molecular formula is C19H19N3O2. The minimum Gasteiger partial charge on any atom is -0.343 e. The van der Waals surface area contributed by atoms with Gasteiger partial charge in [-0.25, -0.2) is 0 Å². The lowest BCUT2D eigenvalue weighted by molar-refractivity contribution is -0.130. The molecule has 1 N–H and O–H groups in total. The predicted octanol–water partition coefficient (Wildman–Crippen LogP) is 2.39. The fourth-order valence-electron chi connectivity index (χ4n) is 3.15. The molecule has 2 aromatic carbocycles. The number of likely N-dealkylation sites (tertiary alicyclic amines) is 1. The molecule has 1 saturated heterocycles. The molecule has 5 heteroatoms. The van der Waals surface area contributed by atoms with E-state index in [-0.39, 0.29) is 24.4 Å². The van der Waals surface area contributed by atoms with E-state index < -0.39 is 0 Å². The summed E-state index contributed by atoms with van der Waals surface area (Å²) in [5.74, 6) is -0.478.